The normalized spacial score (nSPS) is 11.9. The number of aromatic nitrogens is 3. The van der Waals surface area contributed by atoms with Gasteiger partial charge in [0.1, 0.15) is 5.69 Å². The Hall–Kier alpha value is -2.05. The molecule has 2 heterocycles. The molecule has 0 atom stereocenters. The fraction of sp³-hybridized carbons (Fsp3) is 0.385. The summed E-state index contributed by atoms with van der Waals surface area (Å²) in [5.74, 6) is 0. The van der Waals surface area contributed by atoms with Crippen molar-refractivity contribution in [2.24, 2.45) is 0 Å². The van der Waals surface area contributed by atoms with Crippen LogP contribution in [0.4, 0.5) is 18.9 Å². The highest BCUT2D eigenvalue weighted by molar-refractivity contribution is 5.57. The van der Waals surface area contributed by atoms with E-state index in [1.54, 1.807) is 0 Å². The van der Waals surface area contributed by atoms with Crippen molar-refractivity contribution in [3.8, 4) is 5.69 Å². The molecule has 7 heteroatoms. The predicted molar refractivity (Wildman–Crippen MR) is 69.6 cm³/mol. The van der Waals surface area contributed by atoms with Gasteiger partial charge in [0.05, 0.1) is 23.3 Å². The standard InChI is InChI=1S/C13H15F3N4/c1-4-9-7(2)19-20(8(9)3)11-5-12(13(14,15)16)18-6-10(11)17/h5-6H,4,17H2,1-3H3. The Balaban J connectivity index is 2.64. The van der Waals surface area contributed by atoms with E-state index in [4.69, 9.17) is 5.73 Å². The monoisotopic (exact) mass is 284 g/mol. The average Bonchev–Trinajstić information content (AvgIpc) is 2.63. The van der Waals surface area contributed by atoms with Crippen LogP contribution in [0.1, 0.15) is 29.6 Å². The summed E-state index contributed by atoms with van der Waals surface area (Å²) in [5, 5.41) is 4.28. The topological polar surface area (TPSA) is 56.7 Å². The Kier molecular flexibility index (Phi) is 3.45. The van der Waals surface area contributed by atoms with E-state index in [1.165, 1.54) is 4.68 Å². The molecule has 2 N–H and O–H groups in total. The molecule has 2 aromatic rings. The lowest BCUT2D eigenvalue weighted by molar-refractivity contribution is -0.141. The van der Waals surface area contributed by atoms with Crippen LogP contribution in [0.25, 0.3) is 5.69 Å². The summed E-state index contributed by atoms with van der Waals surface area (Å²) in [6, 6.07) is 0.925. The van der Waals surface area contributed by atoms with Crippen LogP contribution in [-0.2, 0) is 12.6 Å². The molecule has 108 valence electrons. The molecule has 4 nitrogen and oxygen atoms in total. The van der Waals surface area contributed by atoms with Gasteiger partial charge in [0.25, 0.3) is 0 Å². The van der Waals surface area contributed by atoms with Gasteiger partial charge in [0.15, 0.2) is 0 Å². The van der Waals surface area contributed by atoms with Crippen LogP contribution in [0.3, 0.4) is 0 Å². The first-order valence-corrected chi connectivity index (χ1v) is 6.13. The third-order valence-electron chi connectivity index (χ3n) is 3.23. The molecular weight excluding hydrogens is 269 g/mol. The van der Waals surface area contributed by atoms with Crippen LogP contribution in [0.15, 0.2) is 12.3 Å². The zero-order valence-electron chi connectivity index (χ0n) is 11.4. The minimum atomic E-state index is -4.51. The Morgan fingerprint density at radius 2 is 1.95 bits per heavy atom. The molecule has 0 amide bonds. The van der Waals surface area contributed by atoms with Crippen molar-refractivity contribution in [2.75, 3.05) is 5.73 Å². The lowest BCUT2D eigenvalue weighted by Crippen LogP contribution is -2.12. The van der Waals surface area contributed by atoms with E-state index in [0.29, 0.717) is 0 Å². The van der Waals surface area contributed by atoms with E-state index >= 15 is 0 Å². The summed E-state index contributed by atoms with van der Waals surface area (Å²) < 4.78 is 39.6. The van der Waals surface area contributed by atoms with Crippen LogP contribution in [-0.4, -0.2) is 14.8 Å². The number of nitrogen functional groups attached to an aromatic ring is 1. The quantitative estimate of drug-likeness (QED) is 0.922. The minimum Gasteiger partial charge on any atom is -0.396 e. The van der Waals surface area contributed by atoms with E-state index in [2.05, 4.69) is 10.1 Å². The molecule has 0 saturated carbocycles. The predicted octanol–water partition coefficient (Wildman–Crippen LogP) is 3.05. The van der Waals surface area contributed by atoms with Gasteiger partial charge in [-0.3, -0.25) is 0 Å². The second-order valence-electron chi connectivity index (χ2n) is 4.54. The number of hydrogen-bond donors (Lipinski definition) is 1. The molecule has 0 aliphatic rings. The number of anilines is 1. The van der Waals surface area contributed by atoms with Gasteiger partial charge in [-0.2, -0.15) is 18.3 Å². The molecule has 0 fully saturated rings. The van der Waals surface area contributed by atoms with Crippen LogP contribution in [0.2, 0.25) is 0 Å². The minimum absolute atomic E-state index is 0.159. The summed E-state index contributed by atoms with van der Waals surface area (Å²) in [7, 11) is 0. The third kappa shape index (κ3) is 2.35. The molecule has 0 spiro atoms. The van der Waals surface area contributed by atoms with Gasteiger partial charge < -0.3 is 5.73 Å². The van der Waals surface area contributed by atoms with E-state index in [0.717, 1.165) is 35.6 Å². The number of nitrogens with zero attached hydrogens (tertiary/aromatic N) is 3. The maximum absolute atomic E-state index is 12.7. The summed E-state index contributed by atoms with van der Waals surface area (Å²) in [6.45, 7) is 5.61. The number of hydrogen-bond acceptors (Lipinski definition) is 3. The van der Waals surface area contributed by atoms with Crippen molar-refractivity contribution >= 4 is 5.69 Å². The zero-order valence-corrected chi connectivity index (χ0v) is 11.4. The molecule has 0 aromatic carbocycles. The average molecular weight is 284 g/mol. The molecule has 2 rings (SSSR count). The fourth-order valence-electron chi connectivity index (χ4n) is 2.21. The second-order valence-corrected chi connectivity index (χ2v) is 4.54. The SMILES string of the molecule is CCc1c(C)nn(-c2cc(C(F)(F)F)ncc2N)c1C. The van der Waals surface area contributed by atoms with Gasteiger partial charge in [-0.25, -0.2) is 9.67 Å². The van der Waals surface area contributed by atoms with Crippen LogP contribution >= 0.6 is 0 Å². The van der Waals surface area contributed by atoms with Crippen LogP contribution in [0.5, 0.6) is 0 Å². The van der Waals surface area contributed by atoms with Crippen LogP contribution < -0.4 is 5.73 Å². The van der Waals surface area contributed by atoms with Crippen molar-refractivity contribution in [1.29, 1.82) is 0 Å². The highest BCUT2D eigenvalue weighted by Crippen LogP contribution is 2.31. The Labute approximate surface area is 114 Å². The van der Waals surface area contributed by atoms with Gasteiger partial charge in [-0.15, -0.1) is 0 Å². The van der Waals surface area contributed by atoms with Crippen molar-refractivity contribution in [2.45, 2.75) is 33.4 Å². The fourth-order valence-corrected chi connectivity index (χ4v) is 2.21. The summed E-state index contributed by atoms with van der Waals surface area (Å²) >= 11 is 0. The summed E-state index contributed by atoms with van der Waals surface area (Å²) in [5.41, 5.74) is 7.71. The van der Waals surface area contributed by atoms with Crippen LogP contribution in [0, 0.1) is 13.8 Å². The first-order chi connectivity index (χ1) is 9.25. The number of aryl methyl sites for hydroxylation is 1. The summed E-state index contributed by atoms with van der Waals surface area (Å²) in [6.07, 6.45) is -2.73. The molecular formula is C13H15F3N4. The van der Waals surface area contributed by atoms with Crippen molar-refractivity contribution < 1.29 is 13.2 Å². The Morgan fingerprint density at radius 1 is 1.30 bits per heavy atom. The number of alkyl halides is 3. The smallest absolute Gasteiger partial charge is 0.396 e. The maximum Gasteiger partial charge on any atom is 0.433 e. The van der Waals surface area contributed by atoms with Gasteiger partial charge in [-0.1, -0.05) is 6.92 Å². The first kappa shape index (κ1) is 14.4. The lowest BCUT2D eigenvalue weighted by Gasteiger charge is -2.11. The third-order valence-corrected chi connectivity index (χ3v) is 3.23. The van der Waals surface area contributed by atoms with Gasteiger partial charge in [0.2, 0.25) is 0 Å². The Morgan fingerprint density at radius 3 is 2.45 bits per heavy atom. The van der Waals surface area contributed by atoms with Gasteiger partial charge >= 0.3 is 6.18 Å². The van der Waals surface area contributed by atoms with Crippen molar-refractivity contribution in [3.05, 3.63) is 34.9 Å². The van der Waals surface area contributed by atoms with Crippen molar-refractivity contribution in [3.63, 3.8) is 0 Å². The molecule has 20 heavy (non-hydrogen) atoms. The van der Waals surface area contributed by atoms with E-state index in [-0.39, 0.29) is 11.4 Å². The lowest BCUT2D eigenvalue weighted by atomic mass is 10.1. The molecule has 2 aromatic heterocycles. The first-order valence-electron chi connectivity index (χ1n) is 6.13. The van der Waals surface area contributed by atoms with Gasteiger partial charge in [-0.05, 0) is 31.9 Å². The van der Waals surface area contributed by atoms with E-state index in [9.17, 15) is 13.2 Å². The number of nitrogens with two attached hydrogens (primary N) is 1. The molecule has 0 aliphatic heterocycles. The molecule has 0 radical (unpaired) electrons. The highest BCUT2D eigenvalue weighted by atomic mass is 19.4. The molecule has 0 aliphatic carbocycles. The molecule has 0 bridgehead atoms. The van der Waals surface area contributed by atoms with E-state index in [1.807, 2.05) is 20.8 Å². The zero-order chi connectivity index (χ0) is 15.1. The largest absolute Gasteiger partial charge is 0.433 e. The molecule has 0 saturated heterocycles. The highest BCUT2D eigenvalue weighted by Gasteiger charge is 2.33. The number of pyridine rings is 1. The van der Waals surface area contributed by atoms with E-state index < -0.39 is 11.9 Å². The second kappa shape index (κ2) is 4.81. The molecule has 0 unspecified atom stereocenters. The number of rotatable bonds is 2. The Bertz CT molecular complexity index is 644. The maximum atomic E-state index is 12.7. The summed E-state index contributed by atoms with van der Waals surface area (Å²) in [4.78, 5) is 3.32. The van der Waals surface area contributed by atoms with Crippen molar-refractivity contribution in [1.82, 2.24) is 14.8 Å². The van der Waals surface area contributed by atoms with Gasteiger partial charge in [0, 0.05) is 5.69 Å². The number of halogens is 3.